The lowest BCUT2D eigenvalue weighted by atomic mass is 10.2. The van der Waals surface area contributed by atoms with Gasteiger partial charge in [-0.25, -0.2) is 4.79 Å². The van der Waals surface area contributed by atoms with Crippen LogP contribution in [0.3, 0.4) is 0 Å². The first-order chi connectivity index (χ1) is 13.5. The third kappa shape index (κ3) is 6.48. The van der Waals surface area contributed by atoms with Crippen LogP contribution in [0.2, 0.25) is 0 Å². The van der Waals surface area contributed by atoms with Crippen LogP contribution < -0.4 is 10.6 Å². The highest BCUT2D eigenvalue weighted by molar-refractivity contribution is 7.99. The molecular weight excluding hydrogens is 376 g/mol. The van der Waals surface area contributed by atoms with Crippen molar-refractivity contribution in [2.75, 3.05) is 19.8 Å². The van der Waals surface area contributed by atoms with E-state index in [1.54, 1.807) is 0 Å². The van der Waals surface area contributed by atoms with Crippen molar-refractivity contribution in [3.63, 3.8) is 0 Å². The highest BCUT2D eigenvalue weighted by atomic mass is 32.2. The van der Waals surface area contributed by atoms with Gasteiger partial charge in [0.15, 0.2) is 11.0 Å². The van der Waals surface area contributed by atoms with Gasteiger partial charge in [0.2, 0.25) is 5.91 Å². The maximum absolute atomic E-state index is 12.2. The highest BCUT2D eigenvalue weighted by Crippen LogP contribution is 2.25. The zero-order valence-corrected chi connectivity index (χ0v) is 18.3. The average Bonchev–Trinajstić information content (AvgIpc) is 3.28. The average molecular weight is 411 g/mol. The van der Waals surface area contributed by atoms with Gasteiger partial charge in [0.25, 0.3) is 0 Å². The second kappa shape index (κ2) is 11.4. The standard InChI is InChI=1S/C19H34N6O2S/c1-5-7-12-25-17(15(6-2)24(3)4)22-23-19(25)28-13-16(26)21-18(27)20-14-10-8-9-11-14/h14-15H,5-13H2,1-4H3,(H2,20,21,26,27)/t15-/m0/s1. The molecule has 9 heteroatoms. The van der Waals surface area contributed by atoms with Gasteiger partial charge < -0.3 is 9.88 Å². The van der Waals surface area contributed by atoms with Crippen molar-refractivity contribution in [3.05, 3.63) is 5.82 Å². The van der Waals surface area contributed by atoms with E-state index in [4.69, 9.17) is 0 Å². The lowest BCUT2D eigenvalue weighted by Gasteiger charge is -2.23. The third-order valence-electron chi connectivity index (χ3n) is 5.06. The van der Waals surface area contributed by atoms with Gasteiger partial charge in [-0.15, -0.1) is 10.2 Å². The largest absolute Gasteiger partial charge is 0.335 e. The van der Waals surface area contributed by atoms with Crippen molar-refractivity contribution in [2.24, 2.45) is 0 Å². The molecule has 0 aromatic carbocycles. The Hall–Kier alpha value is -1.61. The summed E-state index contributed by atoms with van der Waals surface area (Å²) in [5, 5.41) is 14.8. The molecule has 3 amide bonds. The number of nitrogens with zero attached hydrogens (tertiary/aromatic N) is 4. The predicted molar refractivity (Wildman–Crippen MR) is 111 cm³/mol. The van der Waals surface area contributed by atoms with E-state index in [-0.39, 0.29) is 23.7 Å². The summed E-state index contributed by atoms with van der Waals surface area (Å²) in [4.78, 5) is 26.3. The Balaban J connectivity index is 1.95. The maximum Gasteiger partial charge on any atom is 0.321 e. The van der Waals surface area contributed by atoms with Gasteiger partial charge in [0, 0.05) is 12.6 Å². The molecule has 8 nitrogen and oxygen atoms in total. The van der Waals surface area contributed by atoms with Gasteiger partial charge in [-0.2, -0.15) is 0 Å². The number of hydrogen-bond acceptors (Lipinski definition) is 6. The van der Waals surface area contributed by atoms with Crippen molar-refractivity contribution in [1.29, 1.82) is 0 Å². The van der Waals surface area contributed by atoms with Gasteiger partial charge in [-0.05, 0) is 39.8 Å². The summed E-state index contributed by atoms with van der Waals surface area (Å²) in [5.74, 6) is 0.760. The van der Waals surface area contributed by atoms with Crippen LogP contribution in [0.25, 0.3) is 0 Å². The van der Waals surface area contributed by atoms with E-state index in [1.807, 2.05) is 14.1 Å². The van der Waals surface area contributed by atoms with Crippen LogP contribution in [0.1, 0.15) is 70.7 Å². The fourth-order valence-corrected chi connectivity index (χ4v) is 4.31. The molecule has 2 N–H and O–H groups in total. The number of thioether (sulfide) groups is 1. The maximum atomic E-state index is 12.2. The quantitative estimate of drug-likeness (QED) is 0.576. The van der Waals surface area contributed by atoms with Crippen LogP contribution in [0, 0.1) is 0 Å². The van der Waals surface area contributed by atoms with Gasteiger partial charge in [-0.1, -0.05) is 44.9 Å². The summed E-state index contributed by atoms with van der Waals surface area (Å²) >= 11 is 1.33. The third-order valence-corrected chi connectivity index (χ3v) is 6.03. The molecular formula is C19H34N6O2S. The normalized spacial score (nSPS) is 15.8. The number of amides is 3. The molecule has 1 aliphatic rings. The van der Waals surface area contributed by atoms with E-state index < -0.39 is 6.03 Å². The van der Waals surface area contributed by atoms with E-state index >= 15 is 0 Å². The van der Waals surface area contributed by atoms with E-state index in [9.17, 15) is 9.59 Å². The van der Waals surface area contributed by atoms with Gasteiger partial charge in [-0.3, -0.25) is 15.0 Å². The van der Waals surface area contributed by atoms with Crippen molar-refractivity contribution < 1.29 is 9.59 Å². The number of rotatable bonds is 10. The Kier molecular flexibility index (Phi) is 9.24. The SMILES string of the molecule is CCCCn1c(SCC(=O)NC(=O)NC2CCCC2)nnc1[C@H](CC)N(C)C. The van der Waals surface area contributed by atoms with Crippen molar-refractivity contribution in [3.8, 4) is 0 Å². The Morgan fingerprint density at radius 1 is 1.25 bits per heavy atom. The van der Waals surface area contributed by atoms with Gasteiger partial charge >= 0.3 is 6.03 Å². The minimum atomic E-state index is -0.399. The number of unbranched alkanes of at least 4 members (excludes halogenated alkanes) is 1. The van der Waals surface area contributed by atoms with Gasteiger partial charge in [0.1, 0.15) is 0 Å². The Labute approximate surface area is 172 Å². The molecule has 158 valence electrons. The number of aromatic nitrogens is 3. The highest BCUT2D eigenvalue weighted by Gasteiger charge is 2.23. The molecule has 1 aliphatic carbocycles. The topological polar surface area (TPSA) is 92.2 Å². The van der Waals surface area contributed by atoms with E-state index in [1.165, 1.54) is 11.8 Å². The molecule has 0 aliphatic heterocycles. The summed E-state index contributed by atoms with van der Waals surface area (Å²) < 4.78 is 2.12. The minimum absolute atomic E-state index is 0.140. The van der Waals surface area contributed by atoms with Crippen LogP contribution in [-0.4, -0.2) is 57.5 Å². The molecule has 0 unspecified atom stereocenters. The Morgan fingerprint density at radius 2 is 1.96 bits per heavy atom. The van der Waals surface area contributed by atoms with Crippen LogP contribution in [0.5, 0.6) is 0 Å². The molecule has 1 heterocycles. The molecule has 0 radical (unpaired) electrons. The van der Waals surface area contributed by atoms with Crippen molar-refractivity contribution in [1.82, 2.24) is 30.3 Å². The summed E-state index contributed by atoms with van der Waals surface area (Å²) in [6, 6.07) is -0.0221. The second-order valence-corrected chi connectivity index (χ2v) is 8.47. The number of urea groups is 1. The molecule has 1 fully saturated rings. The fourth-order valence-electron chi connectivity index (χ4n) is 3.54. The Morgan fingerprint density at radius 3 is 2.57 bits per heavy atom. The predicted octanol–water partition coefficient (Wildman–Crippen LogP) is 2.95. The smallest absolute Gasteiger partial charge is 0.321 e. The van der Waals surface area contributed by atoms with Crippen LogP contribution in [0.4, 0.5) is 4.79 Å². The zero-order chi connectivity index (χ0) is 20.5. The number of imide groups is 1. The lowest BCUT2D eigenvalue weighted by Crippen LogP contribution is -2.44. The molecule has 0 spiro atoms. The van der Waals surface area contributed by atoms with Crippen LogP contribution in [0.15, 0.2) is 5.16 Å². The fraction of sp³-hybridized carbons (Fsp3) is 0.789. The van der Waals surface area contributed by atoms with Crippen molar-refractivity contribution in [2.45, 2.75) is 82.6 Å². The Bertz CT molecular complexity index is 642. The molecule has 0 bridgehead atoms. The molecule has 1 saturated carbocycles. The molecule has 0 saturated heterocycles. The molecule has 1 aromatic rings. The zero-order valence-electron chi connectivity index (χ0n) is 17.5. The lowest BCUT2D eigenvalue weighted by molar-refractivity contribution is -0.117. The first-order valence-corrected chi connectivity index (χ1v) is 11.3. The number of carbonyl (C=O) groups excluding carboxylic acids is 2. The summed E-state index contributed by atoms with van der Waals surface area (Å²) in [5.41, 5.74) is 0. The molecule has 28 heavy (non-hydrogen) atoms. The summed E-state index contributed by atoms with van der Waals surface area (Å²) in [6.07, 6.45) is 7.28. The first-order valence-electron chi connectivity index (χ1n) is 10.3. The molecule has 1 atom stereocenters. The van der Waals surface area contributed by atoms with Crippen LogP contribution >= 0.6 is 11.8 Å². The van der Waals surface area contributed by atoms with E-state index in [0.29, 0.717) is 0 Å². The summed E-state index contributed by atoms with van der Waals surface area (Å²) in [6.45, 7) is 5.11. The van der Waals surface area contributed by atoms with E-state index in [2.05, 4.69) is 44.1 Å². The number of nitrogens with one attached hydrogen (secondary N) is 2. The van der Waals surface area contributed by atoms with Crippen LogP contribution in [-0.2, 0) is 11.3 Å². The molecule has 2 rings (SSSR count). The second-order valence-electron chi connectivity index (χ2n) is 7.53. The first kappa shape index (κ1) is 22.7. The monoisotopic (exact) mass is 410 g/mol. The summed E-state index contributed by atoms with van der Waals surface area (Å²) in [7, 11) is 4.08. The number of hydrogen-bond donors (Lipinski definition) is 2. The van der Waals surface area contributed by atoms with Gasteiger partial charge in [0.05, 0.1) is 11.8 Å². The number of carbonyl (C=O) groups is 2. The van der Waals surface area contributed by atoms with E-state index in [0.717, 1.165) is 62.5 Å². The minimum Gasteiger partial charge on any atom is -0.335 e. The molecule has 1 aromatic heterocycles. The van der Waals surface area contributed by atoms with Crippen molar-refractivity contribution >= 4 is 23.7 Å².